The molecular formula is C13H17BrN4. The maximum absolute atomic E-state index is 4.16. The highest BCUT2D eigenvalue weighted by molar-refractivity contribution is 9.10. The van der Waals surface area contributed by atoms with E-state index in [2.05, 4.69) is 58.4 Å². The second-order valence-electron chi connectivity index (χ2n) is 4.60. The van der Waals surface area contributed by atoms with Gasteiger partial charge in [-0.15, -0.1) is 5.10 Å². The van der Waals surface area contributed by atoms with Crippen molar-refractivity contribution in [2.75, 3.05) is 0 Å². The number of hydrogen-bond donors (Lipinski definition) is 1. The van der Waals surface area contributed by atoms with Gasteiger partial charge in [-0.1, -0.05) is 31.2 Å². The van der Waals surface area contributed by atoms with E-state index in [1.807, 2.05) is 18.3 Å². The van der Waals surface area contributed by atoms with Gasteiger partial charge in [0.2, 0.25) is 0 Å². The normalized spacial score (nSPS) is 11.2. The predicted molar refractivity (Wildman–Crippen MR) is 75.8 cm³/mol. The van der Waals surface area contributed by atoms with Crippen molar-refractivity contribution in [1.82, 2.24) is 20.3 Å². The van der Waals surface area contributed by atoms with Crippen LogP contribution >= 0.6 is 15.9 Å². The van der Waals surface area contributed by atoms with Crippen molar-refractivity contribution in [2.45, 2.75) is 33.4 Å². The quantitative estimate of drug-likeness (QED) is 0.944. The topological polar surface area (TPSA) is 42.7 Å². The first-order chi connectivity index (χ1) is 8.58. The zero-order valence-electron chi connectivity index (χ0n) is 10.8. The average Bonchev–Trinajstić information content (AvgIpc) is 2.78. The summed E-state index contributed by atoms with van der Waals surface area (Å²) in [5.41, 5.74) is 3.14. The van der Waals surface area contributed by atoms with Crippen LogP contribution in [0.3, 0.4) is 0 Å². The first-order valence-corrected chi connectivity index (χ1v) is 6.77. The SMILES string of the molecule is Cc1cccc(-n2cc(CNC(C)C)nn2)c1Br. The lowest BCUT2D eigenvalue weighted by atomic mass is 10.2. The predicted octanol–water partition coefficient (Wildman–Crippen LogP) is 2.84. The summed E-state index contributed by atoms with van der Waals surface area (Å²) in [6, 6.07) is 6.54. The molecule has 0 saturated carbocycles. The summed E-state index contributed by atoms with van der Waals surface area (Å²) in [6.07, 6.45) is 1.95. The van der Waals surface area contributed by atoms with Gasteiger partial charge in [-0.3, -0.25) is 0 Å². The van der Waals surface area contributed by atoms with E-state index in [9.17, 15) is 0 Å². The van der Waals surface area contributed by atoms with Gasteiger partial charge < -0.3 is 5.32 Å². The zero-order valence-corrected chi connectivity index (χ0v) is 12.4. The first kappa shape index (κ1) is 13.2. The second kappa shape index (κ2) is 5.63. The molecule has 2 rings (SSSR count). The number of hydrogen-bond acceptors (Lipinski definition) is 3. The molecular weight excluding hydrogens is 292 g/mol. The molecule has 1 aromatic heterocycles. The molecule has 0 atom stereocenters. The van der Waals surface area contributed by atoms with Crippen molar-refractivity contribution in [3.8, 4) is 5.69 Å². The van der Waals surface area contributed by atoms with Crippen molar-refractivity contribution in [1.29, 1.82) is 0 Å². The Bertz CT molecular complexity index is 534. The molecule has 4 nitrogen and oxygen atoms in total. The Morgan fingerprint density at radius 2 is 2.17 bits per heavy atom. The lowest BCUT2D eigenvalue weighted by Gasteiger charge is -2.06. The van der Waals surface area contributed by atoms with Crippen molar-refractivity contribution < 1.29 is 0 Å². The number of nitrogens with zero attached hydrogens (tertiary/aromatic N) is 3. The monoisotopic (exact) mass is 308 g/mol. The van der Waals surface area contributed by atoms with Crippen LogP contribution in [0.4, 0.5) is 0 Å². The minimum Gasteiger partial charge on any atom is -0.309 e. The third-order valence-corrected chi connectivity index (χ3v) is 3.68. The summed E-state index contributed by atoms with van der Waals surface area (Å²) in [5.74, 6) is 0. The number of aromatic nitrogens is 3. The van der Waals surface area contributed by atoms with E-state index in [0.29, 0.717) is 6.04 Å². The molecule has 0 fully saturated rings. The minimum absolute atomic E-state index is 0.445. The summed E-state index contributed by atoms with van der Waals surface area (Å²) >= 11 is 3.58. The highest BCUT2D eigenvalue weighted by atomic mass is 79.9. The summed E-state index contributed by atoms with van der Waals surface area (Å²) in [7, 11) is 0. The Labute approximate surface area is 116 Å². The zero-order chi connectivity index (χ0) is 13.1. The fraction of sp³-hybridized carbons (Fsp3) is 0.385. The van der Waals surface area contributed by atoms with Gasteiger partial charge in [-0.05, 0) is 34.5 Å². The molecule has 0 bridgehead atoms. The third kappa shape index (κ3) is 2.97. The van der Waals surface area contributed by atoms with Crippen LogP contribution in [0, 0.1) is 6.92 Å². The summed E-state index contributed by atoms with van der Waals surface area (Å²) in [4.78, 5) is 0. The molecule has 1 heterocycles. The molecule has 0 amide bonds. The van der Waals surface area contributed by atoms with Crippen molar-refractivity contribution in [3.63, 3.8) is 0 Å². The van der Waals surface area contributed by atoms with Crippen LogP contribution < -0.4 is 5.32 Å². The fourth-order valence-corrected chi connectivity index (χ4v) is 2.06. The van der Waals surface area contributed by atoms with Crippen molar-refractivity contribution >= 4 is 15.9 Å². The maximum atomic E-state index is 4.16. The molecule has 0 spiro atoms. The van der Waals surface area contributed by atoms with Gasteiger partial charge in [0.25, 0.3) is 0 Å². The third-order valence-electron chi connectivity index (χ3n) is 2.65. The lowest BCUT2D eigenvalue weighted by Crippen LogP contribution is -2.21. The standard InChI is InChI=1S/C13H17BrN4/c1-9(2)15-7-11-8-18(17-16-11)12-6-4-5-10(3)13(12)14/h4-6,8-9,15H,7H2,1-3H3. The molecule has 0 saturated heterocycles. The second-order valence-corrected chi connectivity index (χ2v) is 5.39. The van der Waals surface area contributed by atoms with Crippen molar-refractivity contribution in [3.05, 3.63) is 40.1 Å². The first-order valence-electron chi connectivity index (χ1n) is 5.98. The van der Waals surface area contributed by atoms with E-state index in [0.717, 1.165) is 22.4 Å². The van der Waals surface area contributed by atoms with E-state index in [4.69, 9.17) is 0 Å². The van der Waals surface area contributed by atoms with Crippen LogP contribution in [0.1, 0.15) is 25.1 Å². The number of nitrogens with one attached hydrogen (secondary N) is 1. The number of halogens is 1. The fourth-order valence-electron chi connectivity index (χ4n) is 1.61. The van der Waals surface area contributed by atoms with Gasteiger partial charge in [0.15, 0.2) is 0 Å². The molecule has 0 aliphatic heterocycles. The molecule has 0 aliphatic rings. The number of benzene rings is 1. The number of aryl methyl sites for hydroxylation is 1. The highest BCUT2D eigenvalue weighted by Crippen LogP contribution is 2.23. The van der Waals surface area contributed by atoms with E-state index in [1.54, 1.807) is 4.68 Å². The van der Waals surface area contributed by atoms with Crippen LogP contribution in [0.25, 0.3) is 5.69 Å². The average molecular weight is 309 g/mol. The summed E-state index contributed by atoms with van der Waals surface area (Å²) < 4.78 is 2.85. The Morgan fingerprint density at radius 3 is 2.89 bits per heavy atom. The smallest absolute Gasteiger partial charge is 0.0969 e. The molecule has 0 aliphatic carbocycles. The largest absolute Gasteiger partial charge is 0.309 e. The van der Waals surface area contributed by atoms with Crippen LogP contribution in [-0.2, 0) is 6.54 Å². The van der Waals surface area contributed by atoms with Gasteiger partial charge in [-0.2, -0.15) is 0 Å². The molecule has 96 valence electrons. The molecule has 2 aromatic rings. The molecule has 1 N–H and O–H groups in total. The van der Waals surface area contributed by atoms with E-state index < -0.39 is 0 Å². The van der Waals surface area contributed by atoms with Gasteiger partial charge in [0.1, 0.15) is 0 Å². The van der Waals surface area contributed by atoms with E-state index in [1.165, 1.54) is 5.56 Å². The van der Waals surface area contributed by atoms with Crippen LogP contribution in [0.5, 0.6) is 0 Å². The van der Waals surface area contributed by atoms with Crippen LogP contribution in [-0.4, -0.2) is 21.0 Å². The van der Waals surface area contributed by atoms with Gasteiger partial charge in [0.05, 0.1) is 17.6 Å². The highest BCUT2D eigenvalue weighted by Gasteiger charge is 2.07. The van der Waals surface area contributed by atoms with Gasteiger partial charge in [-0.25, -0.2) is 4.68 Å². The van der Waals surface area contributed by atoms with Crippen LogP contribution in [0.2, 0.25) is 0 Å². The molecule has 0 radical (unpaired) electrons. The van der Waals surface area contributed by atoms with Gasteiger partial charge in [0, 0.05) is 17.1 Å². The Morgan fingerprint density at radius 1 is 1.39 bits per heavy atom. The Kier molecular flexibility index (Phi) is 4.14. The molecule has 1 aromatic carbocycles. The molecule has 0 unspecified atom stereocenters. The maximum Gasteiger partial charge on any atom is 0.0969 e. The van der Waals surface area contributed by atoms with E-state index in [-0.39, 0.29) is 0 Å². The Balaban J connectivity index is 2.21. The summed E-state index contributed by atoms with van der Waals surface area (Å²) in [5, 5.41) is 11.7. The Hall–Kier alpha value is -1.20. The lowest BCUT2D eigenvalue weighted by molar-refractivity contribution is 0.580. The molecule has 5 heteroatoms. The van der Waals surface area contributed by atoms with Crippen LogP contribution in [0.15, 0.2) is 28.9 Å². The molecule has 18 heavy (non-hydrogen) atoms. The minimum atomic E-state index is 0.445. The van der Waals surface area contributed by atoms with Gasteiger partial charge >= 0.3 is 0 Å². The summed E-state index contributed by atoms with van der Waals surface area (Å²) in [6.45, 7) is 7.02. The number of rotatable bonds is 4. The van der Waals surface area contributed by atoms with Crippen molar-refractivity contribution in [2.24, 2.45) is 0 Å². The van der Waals surface area contributed by atoms with E-state index >= 15 is 0 Å².